The minimum absolute atomic E-state index is 0.693. The zero-order valence-corrected chi connectivity index (χ0v) is 15.7. The van der Waals surface area contributed by atoms with Gasteiger partial charge in [0.05, 0.1) is 11.6 Å². The van der Waals surface area contributed by atoms with Gasteiger partial charge in [-0.1, -0.05) is 87.9 Å². The van der Waals surface area contributed by atoms with Crippen LogP contribution in [0, 0.1) is 0 Å². The maximum atomic E-state index is 6.39. The summed E-state index contributed by atoms with van der Waals surface area (Å²) in [7, 11) is 0. The zero-order chi connectivity index (χ0) is 17.2. The normalized spacial score (nSPS) is 10.8. The predicted molar refractivity (Wildman–Crippen MR) is 105 cm³/mol. The van der Waals surface area contributed by atoms with Crippen LogP contribution >= 0.6 is 11.6 Å². The summed E-state index contributed by atoms with van der Waals surface area (Å²) in [6.45, 7) is 5.16. The maximum Gasteiger partial charge on any atom is 0.137 e. The average Bonchev–Trinajstić information content (AvgIpc) is 2.62. The minimum atomic E-state index is 0.693. The molecule has 0 bridgehead atoms. The van der Waals surface area contributed by atoms with E-state index in [1.807, 2.05) is 12.1 Å². The van der Waals surface area contributed by atoms with Gasteiger partial charge < -0.3 is 4.74 Å². The molecule has 1 nitrogen and oxygen atoms in total. The Bertz CT molecular complexity index is 604. The molecular formula is C22H29ClO. The van der Waals surface area contributed by atoms with Crippen LogP contribution in [-0.2, 0) is 6.42 Å². The molecule has 0 saturated heterocycles. The van der Waals surface area contributed by atoms with Crippen molar-refractivity contribution in [1.82, 2.24) is 0 Å². The summed E-state index contributed by atoms with van der Waals surface area (Å²) in [5.41, 5.74) is 3.68. The Labute approximate surface area is 152 Å². The van der Waals surface area contributed by atoms with Crippen LogP contribution < -0.4 is 4.74 Å². The number of rotatable bonds is 10. The average molecular weight is 345 g/mol. The van der Waals surface area contributed by atoms with E-state index in [1.54, 1.807) is 0 Å². The lowest BCUT2D eigenvalue weighted by Crippen LogP contribution is -1.98. The van der Waals surface area contributed by atoms with Gasteiger partial charge in [0.25, 0.3) is 0 Å². The lowest BCUT2D eigenvalue weighted by molar-refractivity contribution is 0.304. The largest absolute Gasteiger partial charge is 0.492 e. The van der Waals surface area contributed by atoms with Crippen molar-refractivity contribution in [3.63, 3.8) is 0 Å². The van der Waals surface area contributed by atoms with Crippen molar-refractivity contribution in [3.8, 4) is 16.9 Å². The topological polar surface area (TPSA) is 9.23 Å². The third kappa shape index (κ3) is 5.87. The van der Waals surface area contributed by atoms with E-state index in [0.717, 1.165) is 30.8 Å². The second-order valence-electron chi connectivity index (χ2n) is 6.31. The fourth-order valence-corrected chi connectivity index (χ4v) is 3.03. The second-order valence-corrected chi connectivity index (χ2v) is 6.72. The van der Waals surface area contributed by atoms with Crippen molar-refractivity contribution in [2.45, 2.75) is 58.8 Å². The van der Waals surface area contributed by atoms with Crippen LogP contribution in [0.25, 0.3) is 11.1 Å². The van der Waals surface area contributed by atoms with E-state index >= 15 is 0 Å². The molecule has 0 aliphatic heterocycles. The van der Waals surface area contributed by atoms with Crippen LogP contribution in [0.4, 0.5) is 0 Å². The molecule has 0 aliphatic rings. The zero-order valence-electron chi connectivity index (χ0n) is 15.0. The molecule has 0 saturated carbocycles. The van der Waals surface area contributed by atoms with E-state index in [4.69, 9.17) is 16.3 Å². The van der Waals surface area contributed by atoms with Crippen LogP contribution in [0.1, 0.15) is 57.9 Å². The van der Waals surface area contributed by atoms with Gasteiger partial charge in [-0.25, -0.2) is 0 Å². The van der Waals surface area contributed by atoms with Gasteiger partial charge in [0.15, 0.2) is 0 Å². The number of benzene rings is 2. The third-order valence-corrected chi connectivity index (χ3v) is 4.68. The van der Waals surface area contributed by atoms with Crippen LogP contribution in [0.3, 0.4) is 0 Å². The number of hydrogen-bond donors (Lipinski definition) is 0. The fraction of sp³-hybridized carbons (Fsp3) is 0.455. The molecule has 2 heteroatoms. The molecule has 2 rings (SSSR count). The Morgan fingerprint density at radius 1 is 0.792 bits per heavy atom. The van der Waals surface area contributed by atoms with E-state index in [1.165, 1.54) is 43.2 Å². The highest BCUT2D eigenvalue weighted by Gasteiger charge is 2.05. The summed E-state index contributed by atoms with van der Waals surface area (Å²) in [4.78, 5) is 0. The number of hydrogen-bond acceptors (Lipinski definition) is 1. The monoisotopic (exact) mass is 344 g/mol. The van der Waals surface area contributed by atoms with Crippen molar-refractivity contribution in [2.75, 3.05) is 6.61 Å². The first kappa shape index (κ1) is 18.9. The van der Waals surface area contributed by atoms with E-state index < -0.39 is 0 Å². The molecule has 0 unspecified atom stereocenters. The fourth-order valence-electron chi connectivity index (χ4n) is 2.79. The highest BCUT2D eigenvalue weighted by atomic mass is 35.5. The lowest BCUT2D eigenvalue weighted by Gasteiger charge is -2.10. The van der Waals surface area contributed by atoms with Crippen molar-refractivity contribution in [1.29, 1.82) is 0 Å². The van der Waals surface area contributed by atoms with Crippen molar-refractivity contribution in [3.05, 3.63) is 53.1 Å². The van der Waals surface area contributed by atoms with Crippen molar-refractivity contribution < 1.29 is 4.74 Å². The molecule has 130 valence electrons. The first-order valence-corrected chi connectivity index (χ1v) is 9.64. The summed E-state index contributed by atoms with van der Waals surface area (Å²) >= 11 is 6.39. The van der Waals surface area contributed by atoms with E-state index in [2.05, 4.69) is 44.2 Å². The number of aryl methyl sites for hydroxylation is 1. The SMILES string of the molecule is CCCCCCCCOc1ccc(-c2ccc(CC)cc2)cc1Cl. The molecule has 0 aliphatic carbocycles. The molecule has 0 spiro atoms. The molecule has 0 amide bonds. The van der Waals surface area contributed by atoms with E-state index in [0.29, 0.717) is 5.02 Å². The summed E-state index contributed by atoms with van der Waals surface area (Å²) in [6.07, 6.45) is 8.67. The van der Waals surface area contributed by atoms with Gasteiger partial charge in [-0.15, -0.1) is 0 Å². The quantitative estimate of drug-likeness (QED) is 0.410. The molecule has 0 heterocycles. The van der Waals surface area contributed by atoms with Gasteiger partial charge in [-0.05, 0) is 41.7 Å². The third-order valence-electron chi connectivity index (χ3n) is 4.38. The molecule has 0 N–H and O–H groups in total. The molecule has 0 radical (unpaired) electrons. The van der Waals surface area contributed by atoms with Crippen molar-refractivity contribution >= 4 is 11.6 Å². The van der Waals surface area contributed by atoms with E-state index in [-0.39, 0.29) is 0 Å². The molecule has 0 atom stereocenters. The highest BCUT2D eigenvalue weighted by molar-refractivity contribution is 6.32. The Balaban J connectivity index is 1.85. The summed E-state index contributed by atoms with van der Waals surface area (Å²) in [5, 5.41) is 0.693. The van der Waals surface area contributed by atoms with Crippen LogP contribution in [0.5, 0.6) is 5.75 Å². The van der Waals surface area contributed by atoms with E-state index in [9.17, 15) is 0 Å². The second kappa shape index (κ2) is 10.4. The summed E-state index contributed by atoms with van der Waals surface area (Å²) in [6, 6.07) is 14.7. The van der Waals surface area contributed by atoms with Gasteiger partial charge in [-0.3, -0.25) is 0 Å². The van der Waals surface area contributed by atoms with Crippen LogP contribution in [-0.4, -0.2) is 6.61 Å². The van der Waals surface area contributed by atoms with Crippen LogP contribution in [0.2, 0.25) is 5.02 Å². The van der Waals surface area contributed by atoms with Gasteiger partial charge in [0.1, 0.15) is 5.75 Å². The number of unbranched alkanes of at least 4 members (excludes halogenated alkanes) is 5. The summed E-state index contributed by atoms with van der Waals surface area (Å²) in [5.74, 6) is 0.791. The molecule has 0 fully saturated rings. The Morgan fingerprint density at radius 2 is 1.46 bits per heavy atom. The van der Waals surface area contributed by atoms with Gasteiger partial charge >= 0.3 is 0 Å². The maximum absolute atomic E-state index is 6.39. The molecule has 2 aromatic carbocycles. The van der Waals surface area contributed by atoms with Gasteiger partial charge in [-0.2, -0.15) is 0 Å². The summed E-state index contributed by atoms with van der Waals surface area (Å²) < 4.78 is 5.84. The molecule has 24 heavy (non-hydrogen) atoms. The Kier molecular flexibility index (Phi) is 8.18. The Hall–Kier alpha value is -1.47. The lowest BCUT2D eigenvalue weighted by atomic mass is 10.0. The molecule has 0 aromatic heterocycles. The van der Waals surface area contributed by atoms with Gasteiger partial charge in [0, 0.05) is 0 Å². The minimum Gasteiger partial charge on any atom is -0.492 e. The Morgan fingerprint density at radius 3 is 2.12 bits per heavy atom. The first-order chi connectivity index (χ1) is 11.7. The number of ether oxygens (including phenoxy) is 1. The first-order valence-electron chi connectivity index (χ1n) is 9.26. The molecular weight excluding hydrogens is 316 g/mol. The van der Waals surface area contributed by atoms with Crippen molar-refractivity contribution in [2.24, 2.45) is 0 Å². The standard InChI is InChI=1S/C22H29ClO/c1-3-5-6-7-8-9-16-24-22-15-14-20(17-21(22)23)19-12-10-18(4-2)11-13-19/h10-15,17H,3-9,16H2,1-2H3. The molecule has 2 aromatic rings. The smallest absolute Gasteiger partial charge is 0.137 e. The number of halogens is 1. The van der Waals surface area contributed by atoms with Crippen LogP contribution in [0.15, 0.2) is 42.5 Å². The highest BCUT2D eigenvalue weighted by Crippen LogP contribution is 2.30. The predicted octanol–water partition coefficient (Wildman–Crippen LogP) is 7.31. The van der Waals surface area contributed by atoms with Gasteiger partial charge in [0.2, 0.25) is 0 Å².